The molecule has 3 nitrogen and oxygen atoms in total. The van der Waals surface area contributed by atoms with E-state index in [-0.39, 0.29) is 5.82 Å². The van der Waals surface area contributed by atoms with E-state index in [0.717, 1.165) is 11.3 Å². The predicted octanol–water partition coefficient (Wildman–Crippen LogP) is 2.72. The third-order valence-electron chi connectivity index (χ3n) is 3.21. The summed E-state index contributed by atoms with van der Waals surface area (Å²) >= 11 is 0. The molecule has 0 bridgehead atoms. The van der Waals surface area contributed by atoms with E-state index in [2.05, 4.69) is 5.32 Å². The predicted molar refractivity (Wildman–Crippen MR) is 77.8 cm³/mol. The molecule has 1 atom stereocenters. The summed E-state index contributed by atoms with van der Waals surface area (Å²) in [5, 5.41) is 3.15. The highest BCUT2D eigenvalue weighted by Gasteiger charge is 2.31. The van der Waals surface area contributed by atoms with Crippen molar-refractivity contribution in [3.05, 3.63) is 66.0 Å². The van der Waals surface area contributed by atoms with Crippen molar-refractivity contribution in [3.8, 4) is 0 Å². The van der Waals surface area contributed by atoms with Crippen LogP contribution in [0.4, 0.5) is 10.1 Å². The van der Waals surface area contributed by atoms with Crippen LogP contribution in [0.3, 0.4) is 0 Å². The number of hydrogen-bond acceptors (Lipinski definition) is 2. The van der Waals surface area contributed by atoms with E-state index in [0.29, 0.717) is 6.42 Å². The number of nitrogens with one attached hydrogen (secondary N) is 1. The lowest BCUT2D eigenvalue weighted by atomic mass is 9.91. The molecule has 0 saturated carbocycles. The van der Waals surface area contributed by atoms with Gasteiger partial charge in [0.15, 0.2) is 0 Å². The lowest BCUT2D eigenvalue weighted by Gasteiger charge is -2.28. The third kappa shape index (κ3) is 3.35. The average molecular weight is 272 g/mol. The number of hydrogen-bond donors (Lipinski definition) is 2. The average Bonchev–Trinajstić information content (AvgIpc) is 2.42. The minimum Gasteiger partial charge on any atom is -0.371 e. The van der Waals surface area contributed by atoms with E-state index in [1.807, 2.05) is 30.3 Å². The number of carbonyl (C=O) groups excluding carboxylic acids is 1. The van der Waals surface area contributed by atoms with E-state index in [4.69, 9.17) is 5.73 Å². The quantitative estimate of drug-likeness (QED) is 0.879. The van der Waals surface area contributed by atoms with Crippen LogP contribution in [-0.4, -0.2) is 11.4 Å². The van der Waals surface area contributed by atoms with Gasteiger partial charge in [0.2, 0.25) is 5.91 Å². The molecule has 2 aromatic carbocycles. The summed E-state index contributed by atoms with van der Waals surface area (Å²) in [6, 6.07) is 15.4. The van der Waals surface area contributed by atoms with Gasteiger partial charge in [-0.25, -0.2) is 4.39 Å². The van der Waals surface area contributed by atoms with Gasteiger partial charge in [-0.1, -0.05) is 30.3 Å². The Morgan fingerprint density at radius 3 is 2.30 bits per heavy atom. The molecule has 0 heterocycles. The number of amides is 1. The fourth-order valence-electron chi connectivity index (χ4n) is 2.04. The number of halogens is 1. The Labute approximate surface area is 117 Å². The van der Waals surface area contributed by atoms with E-state index < -0.39 is 11.4 Å². The molecule has 20 heavy (non-hydrogen) atoms. The highest BCUT2D eigenvalue weighted by atomic mass is 19.1. The smallest absolute Gasteiger partial charge is 0.243 e. The second-order valence-corrected chi connectivity index (χ2v) is 4.99. The molecule has 0 aliphatic heterocycles. The minimum absolute atomic E-state index is 0.300. The summed E-state index contributed by atoms with van der Waals surface area (Å²) < 4.78 is 12.9. The number of carbonyl (C=O) groups is 1. The summed E-state index contributed by atoms with van der Waals surface area (Å²) in [6.07, 6.45) is 0.386. The number of rotatable bonds is 5. The van der Waals surface area contributed by atoms with Crippen LogP contribution in [0.2, 0.25) is 0 Å². The number of primary amides is 1. The van der Waals surface area contributed by atoms with Crippen LogP contribution in [0.15, 0.2) is 54.6 Å². The van der Waals surface area contributed by atoms with Gasteiger partial charge < -0.3 is 11.1 Å². The zero-order chi connectivity index (χ0) is 14.6. The van der Waals surface area contributed by atoms with Crippen LogP contribution < -0.4 is 11.1 Å². The van der Waals surface area contributed by atoms with Crippen molar-refractivity contribution in [2.45, 2.75) is 18.9 Å². The molecule has 0 aliphatic carbocycles. The molecule has 104 valence electrons. The van der Waals surface area contributed by atoms with Crippen molar-refractivity contribution in [2.24, 2.45) is 5.73 Å². The minimum atomic E-state index is -0.931. The monoisotopic (exact) mass is 272 g/mol. The number of anilines is 1. The lowest BCUT2D eigenvalue weighted by molar-refractivity contribution is -0.121. The largest absolute Gasteiger partial charge is 0.371 e. The van der Waals surface area contributed by atoms with Crippen LogP contribution in [0.25, 0.3) is 0 Å². The van der Waals surface area contributed by atoms with Gasteiger partial charge in [-0.05, 0) is 36.8 Å². The van der Waals surface area contributed by atoms with E-state index in [1.165, 1.54) is 12.1 Å². The molecule has 0 aliphatic rings. The second-order valence-electron chi connectivity index (χ2n) is 4.99. The van der Waals surface area contributed by atoms with Gasteiger partial charge in [0.05, 0.1) is 0 Å². The summed E-state index contributed by atoms with van der Waals surface area (Å²) in [4.78, 5) is 11.8. The summed E-state index contributed by atoms with van der Waals surface area (Å²) in [5.74, 6) is -0.753. The Bertz CT molecular complexity index is 583. The maximum atomic E-state index is 12.9. The van der Waals surface area contributed by atoms with Gasteiger partial charge in [-0.3, -0.25) is 4.79 Å². The fraction of sp³-hybridized carbons (Fsp3) is 0.188. The zero-order valence-corrected chi connectivity index (χ0v) is 11.3. The van der Waals surface area contributed by atoms with Crippen LogP contribution in [-0.2, 0) is 11.2 Å². The molecule has 1 unspecified atom stereocenters. The van der Waals surface area contributed by atoms with Gasteiger partial charge in [-0.15, -0.1) is 0 Å². The number of benzene rings is 2. The SMILES string of the molecule is CC(Cc1ccc(F)cc1)(Nc1ccccc1)C(N)=O. The van der Waals surface area contributed by atoms with Gasteiger partial charge in [-0.2, -0.15) is 0 Å². The molecule has 1 amide bonds. The first-order chi connectivity index (χ1) is 9.49. The molecule has 4 heteroatoms. The van der Waals surface area contributed by atoms with Crippen molar-refractivity contribution >= 4 is 11.6 Å². The second kappa shape index (κ2) is 5.74. The standard InChI is InChI=1S/C16H17FN2O/c1-16(15(18)20,19-14-5-3-2-4-6-14)11-12-7-9-13(17)10-8-12/h2-10,19H,11H2,1H3,(H2,18,20). The first-order valence-corrected chi connectivity index (χ1v) is 6.37. The first kappa shape index (κ1) is 14.1. The maximum Gasteiger partial charge on any atom is 0.243 e. The van der Waals surface area contributed by atoms with Crippen molar-refractivity contribution in [1.82, 2.24) is 0 Å². The molecule has 0 radical (unpaired) electrons. The Morgan fingerprint density at radius 2 is 1.75 bits per heavy atom. The molecule has 2 rings (SSSR count). The first-order valence-electron chi connectivity index (χ1n) is 6.37. The van der Waals surface area contributed by atoms with E-state index in [9.17, 15) is 9.18 Å². The van der Waals surface area contributed by atoms with Crippen LogP contribution in [0, 0.1) is 5.82 Å². The van der Waals surface area contributed by atoms with Gasteiger partial charge in [0.25, 0.3) is 0 Å². The van der Waals surface area contributed by atoms with Crippen molar-refractivity contribution in [2.75, 3.05) is 5.32 Å². The Morgan fingerprint density at radius 1 is 1.15 bits per heavy atom. The highest BCUT2D eigenvalue weighted by Crippen LogP contribution is 2.20. The molecular formula is C16H17FN2O. The molecule has 0 fully saturated rings. The normalized spacial score (nSPS) is 13.5. The van der Waals surface area contributed by atoms with E-state index in [1.54, 1.807) is 19.1 Å². The maximum absolute atomic E-state index is 12.9. The van der Waals surface area contributed by atoms with Crippen molar-refractivity contribution in [1.29, 1.82) is 0 Å². The number of para-hydroxylation sites is 1. The lowest BCUT2D eigenvalue weighted by Crippen LogP contribution is -2.49. The molecule has 0 aromatic heterocycles. The van der Waals surface area contributed by atoms with Gasteiger partial charge in [0, 0.05) is 12.1 Å². The summed E-state index contributed by atoms with van der Waals surface area (Å²) in [7, 11) is 0. The summed E-state index contributed by atoms with van der Waals surface area (Å²) in [5.41, 5.74) is 6.25. The Kier molecular flexibility index (Phi) is 4.03. The van der Waals surface area contributed by atoms with Crippen molar-refractivity contribution < 1.29 is 9.18 Å². The molecule has 3 N–H and O–H groups in total. The topological polar surface area (TPSA) is 55.1 Å². The van der Waals surface area contributed by atoms with Crippen LogP contribution in [0.5, 0.6) is 0 Å². The third-order valence-corrected chi connectivity index (χ3v) is 3.21. The number of nitrogens with two attached hydrogens (primary N) is 1. The zero-order valence-electron chi connectivity index (χ0n) is 11.3. The highest BCUT2D eigenvalue weighted by molar-refractivity contribution is 5.87. The summed E-state index contributed by atoms with van der Waals surface area (Å²) in [6.45, 7) is 1.74. The fourth-order valence-corrected chi connectivity index (χ4v) is 2.04. The van der Waals surface area contributed by atoms with E-state index >= 15 is 0 Å². The molecule has 0 saturated heterocycles. The van der Waals surface area contributed by atoms with Crippen molar-refractivity contribution in [3.63, 3.8) is 0 Å². The van der Waals surface area contributed by atoms with Gasteiger partial charge in [0.1, 0.15) is 11.4 Å². The Hall–Kier alpha value is -2.36. The van der Waals surface area contributed by atoms with Gasteiger partial charge >= 0.3 is 0 Å². The molecule has 2 aromatic rings. The van der Waals surface area contributed by atoms with Crippen LogP contribution in [0.1, 0.15) is 12.5 Å². The van der Waals surface area contributed by atoms with Crippen LogP contribution >= 0.6 is 0 Å². The molecule has 0 spiro atoms. The Balaban J connectivity index is 2.21. The molecular weight excluding hydrogens is 255 g/mol.